The maximum absolute atomic E-state index is 13.1. The highest BCUT2D eigenvalue weighted by atomic mass is 16.5. The molecule has 3 aromatic rings. The minimum Gasteiger partial charge on any atom is -0.497 e. The molecule has 0 atom stereocenters. The number of nitrogens with one attached hydrogen (secondary N) is 1. The van der Waals surface area contributed by atoms with E-state index in [2.05, 4.69) is 24.4 Å². The normalized spacial score (nSPS) is 14.1. The van der Waals surface area contributed by atoms with Crippen LogP contribution in [0.25, 0.3) is 11.1 Å². The lowest BCUT2D eigenvalue weighted by atomic mass is 9.94. The van der Waals surface area contributed by atoms with Crippen molar-refractivity contribution in [2.24, 2.45) is 0 Å². The number of ether oxygens (including phenoxy) is 2. The maximum atomic E-state index is 13.1. The van der Waals surface area contributed by atoms with E-state index in [1.165, 1.54) is 0 Å². The number of carbonyl (C=O) groups excluding carboxylic acids is 1. The third-order valence-corrected chi connectivity index (χ3v) is 5.80. The maximum Gasteiger partial charge on any atom is 0.235 e. The van der Waals surface area contributed by atoms with Gasteiger partial charge in [0.25, 0.3) is 0 Å². The summed E-state index contributed by atoms with van der Waals surface area (Å²) in [4.78, 5) is 13.1. The Morgan fingerprint density at radius 3 is 2.27 bits per heavy atom. The van der Waals surface area contributed by atoms with Crippen molar-refractivity contribution in [3.05, 3.63) is 77.9 Å². The quantitative estimate of drug-likeness (QED) is 0.527. The monoisotopic (exact) mass is 403 g/mol. The first-order valence-corrected chi connectivity index (χ1v) is 10.4. The summed E-state index contributed by atoms with van der Waals surface area (Å²) in [5, 5.41) is 3.15. The van der Waals surface area contributed by atoms with Crippen LogP contribution in [0.3, 0.4) is 0 Å². The SMILES string of the molecule is CCOc1ccc(-c2cc(NC(=O)C3(c4ccc(OC)cc4)CC3)ccc2C)cc1.[HH]. The number of hydrogen-bond donors (Lipinski definition) is 1. The zero-order chi connectivity index (χ0) is 21.1. The molecule has 156 valence electrons. The first-order valence-electron chi connectivity index (χ1n) is 10.4. The molecular formula is C26H29NO3. The van der Waals surface area contributed by atoms with Crippen molar-refractivity contribution in [2.75, 3.05) is 19.0 Å². The van der Waals surface area contributed by atoms with E-state index in [1.807, 2.05) is 61.5 Å². The highest BCUT2D eigenvalue weighted by Crippen LogP contribution is 2.49. The molecule has 0 unspecified atom stereocenters. The Morgan fingerprint density at radius 1 is 1.00 bits per heavy atom. The summed E-state index contributed by atoms with van der Waals surface area (Å²) >= 11 is 0. The Hall–Kier alpha value is -3.27. The lowest BCUT2D eigenvalue weighted by molar-refractivity contribution is -0.118. The van der Waals surface area contributed by atoms with Crippen molar-refractivity contribution >= 4 is 11.6 Å². The minimum atomic E-state index is -0.434. The summed E-state index contributed by atoms with van der Waals surface area (Å²) in [6.45, 7) is 4.70. The number of rotatable bonds is 7. The number of methoxy groups -OCH3 is 1. The number of hydrogen-bond acceptors (Lipinski definition) is 3. The van der Waals surface area contributed by atoms with E-state index in [1.54, 1.807) is 7.11 Å². The highest BCUT2D eigenvalue weighted by molar-refractivity contribution is 6.01. The van der Waals surface area contributed by atoms with Crippen molar-refractivity contribution in [3.8, 4) is 22.6 Å². The van der Waals surface area contributed by atoms with Gasteiger partial charge in [0.15, 0.2) is 0 Å². The van der Waals surface area contributed by atoms with E-state index < -0.39 is 5.41 Å². The first-order chi connectivity index (χ1) is 14.6. The van der Waals surface area contributed by atoms with Crippen molar-refractivity contribution < 1.29 is 15.7 Å². The fraction of sp³-hybridized carbons (Fsp3) is 0.269. The van der Waals surface area contributed by atoms with Gasteiger partial charge in [0.1, 0.15) is 11.5 Å². The van der Waals surface area contributed by atoms with Crippen LogP contribution in [0.2, 0.25) is 0 Å². The summed E-state index contributed by atoms with van der Waals surface area (Å²) in [6.07, 6.45) is 1.73. The summed E-state index contributed by atoms with van der Waals surface area (Å²) in [7, 11) is 1.65. The predicted molar refractivity (Wildman–Crippen MR) is 122 cm³/mol. The van der Waals surface area contributed by atoms with Crippen molar-refractivity contribution in [2.45, 2.75) is 32.1 Å². The molecule has 1 fully saturated rings. The molecule has 0 bridgehead atoms. The third-order valence-electron chi connectivity index (χ3n) is 5.80. The van der Waals surface area contributed by atoms with E-state index in [0.717, 1.165) is 52.3 Å². The molecule has 1 N–H and O–H groups in total. The molecule has 0 heterocycles. The molecule has 0 radical (unpaired) electrons. The zero-order valence-corrected chi connectivity index (χ0v) is 17.7. The van der Waals surface area contributed by atoms with Gasteiger partial charge in [-0.05, 0) is 85.3 Å². The molecule has 0 spiro atoms. The second-order valence-corrected chi connectivity index (χ2v) is 7.75. The first kappa shape index (κ1) is 20.0. The van der Waals surface area contributed by atoms with Crippen LogP contribution in [0.15, 0.2) is 66.7 Å². The number of aryl methyl sites for hydroxylation is 1. The average Bonchev–Trinajstić information content (AvgIpc) is 3.58. The Bertz CT molecular complexity index is 1040. The van der Waals surface area contributed by atoms with Crippen molar-refractivity contribution in [3.63, 3.8) is 0 Å². The van der Waals surface area contributed by atoms with Gasteiger partial charge >= 0.3 is 0 Å². The van der Waals surface area contributed by atoms with Crippen LogP contribution in [0, 0.1) is 6.92 Å². The van der Waals surface area contributed by atoms with Gasteiger partial charge in [-0.2, -0.15) is 0 Å². The Labute approximate surface area is 179 Å². The average molecular weight is 404 g/mol. The van der Waals surface area contributed by atoms with Crippen LogP contribution in [0.1, 0.15) is 32.3 Å². The zero-order valence-electron chi connectivity index (χ0n) is 17.7. The second kappa shape index (κ2) is 8.23. The lowest BCUT2D eigenvalue weighted by Gasteiger charge is -2.17. The van der Waals surface area contributed by atoms with Gasteiger partial charge < -0.3 is 14.8 Å². The van der Waals surface area contributed by atoms with Crippen LogP contribution < -0.4 is 14.8 Å². The molecule has 0 aliphatic heterocycles. The van der Waals surface area contributed by atoms with Gasteiger partial charge in [-0.1, -0.05) is 30.3 Å². The topological polar surface area (TPSA) is 47.6 Å². The molecule has 1 saturated carbocycles. The summed E-state index contributed by atoms with van der Waals surface area (Å²) < 4.78 is 10.8. The molecule has 1 aliphatic carbocycles. The van der Waals surface area contributed by atoms with Crippen molar-refractivity contribution in [1.82, 2.24) is 0 Å². The van der Waals surface area contributed by atoms with Crippen LogP contribution in [0.4, 0.5) is 5.69 Å². The second-order valence-electron chi connectivity index (χ2n) is 7.75. The predicted octanol–water partition coefficient (Wildman–Crippen LogP) is 5.99. The smallest absolute Gasteiger partial charge is 0.235 e. The molecule has 3 aromatic carbocycles. The van der Waals surface area contributed by atoms with Gasteiger partial charge in [0, 0.05) is 7.11 Å². The van der Waals surface area contributed by atoms with Crippen molar-refractivity contribution in [1.29, 1.82) is 0 Å². The number of amides is 1. The molecule has 4 rings (SSSR count). The lowest BCUT2D eigenvalue weighted by Crippen LogP contribution is -2.27. The van der Waals surface area contributed by atoms with E-state index in [9.17, 15) is 4.79 Å². The Balaban J connectivity index is 0.00000272. The summed E-state index contributed by atoms with van der Waals surface area (Å²) in [6, 6.07) is 21.9. The third kappa shape index (κ3) is 3.90. The molecule has 30 heavy (non-hydrogen) atoms. The summed E-state index contributed by atoms with van der Waals surface area (Å²) in [5.41, 5.74) is 4.78. The molecule has 1 aliphatic rings. The number of benzene rings is 3. The molecular weight excluding hydrogens is 374 g/mol. The van der Waals surface area contributed by atoms with E-state index in [-0.39, 0.29) is 7.33 Å². The van der Waals surface area contributed by atoms with Gasteiger partial charge in [-0.25, -0.2) is 0 Å². The Morgan fingerprint density at radius 2 is 1.67 bits per heavy atom. The van der Waals surface area contributed by atoms with Gasteiger partial charge in [-0.3, -0.25) is 4.79 Å². The molecule has 4 heteroatoms. The van der Waals surface area contributed by atoms with E-state index >= 15 is 0 Å². The standard InChI is InChI=1S/C26H27NO3.H2/c1-4-30-23-11-6-19(7-12-23)24-17-21(10-5-18(24)2)27-25(28)26(15-16-26)20-8-13-22(29-3)14-9-20;/h5-14,17H,4,15-16H2,1-3H3,(H,27,28);1H. The largest absolute Gasteiger partial charge is 0.497 e. The number of carbonyl (C=O) groups is 1. The van der Waals surface area contributed by atoms with Gasteiger partial charge in [0.2, 0.25) is 5.91 Å². The molecule has 0 aromatic heterocycles. The molecule has 0 saturated heterocycles. The minimum absolute atomic E-state index is 0. The van der Waals surface area contributed by atoms with Gasteiger partial charge in [0.05, 0.1) is 19.1 Å². The molecule has 4 nitrogen and oxygen atoms in total. The number of anilines is 1. The Kier molecular flexibility index (Phi) is 5.49. The fourth-order valence-electron chi connectivity index (χ4n) is 3.84. The molecule has 1 amide bonds. The van der Waals surface area contributed by atoms with Crippen LogP contribution >= 0.6 is 0 Å². The van der Waals surface area contributed by atoms with Crippen LogP contribution in [-0.4, -0.2) is 19.6 Å². The van der Waals surface area contributed by atoms with Crippen LogP contribution in [-0.2, 0) is 10.2 Å². The fourth-order valence-corrected chi connectivity index (χ4v) is 3.84. The van der Waals surface area contributed by atoms with Crippen LogP contribution in [0.5, 0.6) is 11.5 Å². The van der Waals surface area contributed by atoms with E-state index in [4.69, 9.17) is 9.47 Å². The van der Waals surface area contributed by atoms with E-state index in [0.29, 0.717) is 6.61 Å². The highest BCUT2D eigenvalue weighted by Gasteiger charge is 2.51. The van der Waals surface area contributed by atoms with Gasteiger partial charge in [-0.15, -0.1) is 0 Å². The summed E-state index contributed by atoms with van der Waals surface area (Å²) in [5.74, 6) is 1.71.